The fourth-order valence-corrected chi connectivity index (χ4v) is 1.12. The summed E-state index contributed by atoms with van der Waals surface area (Å²) in [5.41, 5.74) is 2.49. The van der Waals surface area contributed by atoms with Crippen molar-refractivity contribution in [3.8, 4) is 6.07 Å². The molecule has 2 heteroatoms. The van der Waals surface area contributed by atoms with Gasteiger partial charge in [-0.1, -0.05) is 19.9 Å². The number of pyridine rings is 1. The van der Waals surface area contributed by atoms with Crippen molar-refractivity contribution in [3.05, 3.63) is 29.1 Å². The molecule has 1 aromatic heterocycles. The first-order valence-electron chi connectivity index (χ1n) is 4.02. The average molecular weight is 160 g/mol. The third-order valence-corrected chi connectivity index (χ3v) is 1.79. The smallest absolute Gasteiger partial charge is 0.144 e. The van der Waals surface area contributed by atoms with Crippen molar-refractivity contribution in [2.24, 2.45) is 0 Å². The summed E-state index contributed by atoms with van der Waals surface area (Å²) in [6.45, 7) is 6.02. The Morgan fingerprint density at radius 1 is 1.42 bits per heavy atom. The Bertz CT molecular complexity index is 321. The topological polar surface area (TPSA) is 36.7 Å². The second-order valence-corrected chi connectivity index (χ2v) is 3.16. The molecule has 0 amide bonds. The zero-order chi connectivity index (χ0) is 9.14. The number of aromatic nitrogens is 1. The van der Waals surface area contributed by atoms with Gasteiger partial charge in [-0.05, 0) is 24.5 Å². The van der Waals surface area contributed by atoms with Crippen LogP contribution in [0.15, 0.2) is 12.1 Å². The van der Waals surface area contributed by atoms with E-state index in [1.165, 1.54) is 0 Å². The molecule has 0 spiro atoms. The van der Waals surface area contributed by atoms with Gasteiger partial charge in [0.1, 0.15) is 11.8 Å². The van der Waals surface area contributed by atoms with Crippen LogP contribution in [-0.4, -0.2) is 4.98 Å². The highest BCUT2D eigenvalue weighted by Gasteiger charge is 2.06. The lowest BCUT2D eigenvalue weighted by Gasteiger charge is -2.06. The summed E-state index contributed by atoms with van der Waals surface area (Å²) < 4.78 is 0. The molecular weight excluding hydrogens is 148 g/mol. The van der Waals surface area contributed by atoms with E-state index >= 15 is 0 Å². The number of aryl methyl sites for hydroxylation is 1. The van der Waals surface area contributed by atoms with Gasteiger partial charge < -0.3 is 0 Å². The molecule has 62 valence electrons. The maximum atomic E-state index is 8.78. The molecule has 0 unspecified atom stereocenters. The van der Waals surface area contributed by atoms with Gasteiger partial charge in [0, 0.05) is 5.69 Å². The molecule has 0 aliphatic heterocycles. The number of nitrogens with zero attached hydrogens (tertiary/aromatic N) is 2. The Morgan fingerprint density at radius 2 is 2.08 bits per heavy atom. The molecule has 0 saturated heterocycles. The van der Waals surface area contributed by atoms with Crippen LogP contribution in [0, 0.1) is 18.3 Å². The van der Waals surface area contributed by atoms with E-state index in [9.17, 15) is 0 Å². The molecule has 0 radical (unpaired) electrons. The summed E-state index contributed by atoms with van der Waals surface area (Å²) in [4.78, 5) is 4.15. The van der Waals surface area contributed by atoms with Crippen LogP contribution >= 0.6 is 0 Å². The van der Waals surface area contributed by atoms with Crippen molar-refractivity contribution in [2.45, 2.75) is 26.7 Å². The summed E-state index contributed by atoms with van der Waals surface area (Å²) in [6, 6.07) is 6.02. The minimum Gasteiger partial charge on any atom is -0.242 e. The van der Waals surface area contributed by atoms with Crippen LogP contribution in [0.2, 0.25) is 0 Å². The van der Waals surface area contributed by atoms with Gasteiger partial charge >= 0.3 is 0 Å². The Labute approximate surface area is 72.9 Å². The van der Waals surface area contributed by atoms with Crippen LogP contribution in [0.25, 0.3) is 0 Å². The Morgan fingerprint density at radius 3 is 2.58 bits per heavy atom. The highest BCUT2D eigenvalue weighted by molar-refractivity contribution is 5.34. The Hall–Kier alpha value is -1.36. The van der Waals surface area contributed by atoms with Gasteiger partial charge in [0.05, 0.1) is 0 Å². The lowest BCUT2D eigenvalue weighted by molar-refractivity contribution is 0.849. The van der Waals surface area contributed by atoms with E-state index in [0.717, 1.165) is 11.3 Å². The van der Waals surface area contributed by atoms with Gasteiger partial charge in [0.2, 0.25) is 0 Å². The second-order valence-electron chi connectivity index (χ2n) is 3.16. The summed E-state index contributed by atoms with van der Waals surface area (Å²) >= 11 is 0. The van der Waals surface area contributed by atoms with E-state index < -0.39 is 0 Å². The van der Waals surface area contributed by atoms with Crippen molar-refractivity contribution >= 4 is 0 Å². The second kappa shape index (κ2) is 3.36. The monoisotopic (exact) mass is 160 g/mol. The van der Waals surface area contributed by atoms with E-state index in [1.807, 2.05) is 19.1 Å². The molecule has 0 N–H and O–H groups in total. The molecule has 0 saturated carbocycles. The van der Waals surface area contributed by atoms with Crippen molar-refractivity contribution in [2.75, 3.05) is 0 Å². The van der Waals surface area contributed by atoms with E-state index in [2.05, 4.69) is 24.9 Å². The van der Waals surface area contributed by atoms with Crippen LogP contribution in [0.1, 0.15) is 36.7 Å². The number of hydrogen-bond acceptors (Lipinski definition) is 2. The normalized spacial score (nSPS) is 9.92. The highest BCUT2D eigenvalue weighted by Crippen LogP contribution is 2.17. The minimum absolute atomic E-state index is 0.368. The molecule has 1 aromatic rings. The molecule has 0 fully saturated rings. The zero-order valence-corrected chi connectivity index (χ0v) is 7.63. The summed E-state index contributed by atoms with van der Waals surface area (Å²) in [6.07, 6.45) is 0. The van der Waals surface area contributed by atoms with Gasteiger partial charge in [-0.2, -0.15) is 5.26 Å². The molecule has 0 aliphatic carbocycles. The van der Waals surface area contributed by atoms with E-state index in [-0.39, 0.29) is 0 Å². The van der Waals surface area contributed by atoms with Crippen molar-refractivity contribution in [1.82, 2.24) is 4.98 Å². The molecule has 12 heavy (non-hydrogen) atoms. The SMILES string of the molecule is Cc1ccc(C(C)C)c(C#N)n1. The first-order valence-corrected chi connectivity index (χ1v) is 4.02. The van der Waals surface area contributed by atoms with Crippen molar-refractivity contribution in [1.29, 1.82) is 5.26 Å². The van der Waals surface area contributed by atoms with E-state index in [0.29, 0.717) is 11.6 Å². The average Bonchev–Trinajstić information content (AvgIpc) is 2.03. The molecule has 0 atom stereocenters. The van der Waals surface area contributed by atoms with Crippen molar-refractivity contribution < 1.29 is 0 Å². The minimum atomic E-state index is 0.368. The highest BCUT2D eigenvalue weighted by atomic mass is 14.7. The Balaban J connectivity index is 3.23. The first kappa shape index (κ1) is 8.73. The predicted molar refractivity (Wildman–Crippen MR) is 47.8 cm³/mol. The van der Waals surface area contributed by atoms with E-state index in [1.54, 1.807) is 0 Å². The third kappa shape index (κ3) is 1.62. The summed E-state index contributed by atoms with van der Waals surface area (Å²) in [7, 11) is 0. The third-order valence-electron chi connectivity index (χ3n) is 1.79. The maximum absolute atomic E-state index is 8.78. The number of hydrogen-bond donors (Lipinski definition) is 0. The quantitative estimate of drug-likeness (QED) is 0.632. The Kier molecular flexibility index (Phi) is 2.44. The van der Waals surface area contributed by atoms with Crippen LogP contribution < -0.4 is 0 Å². The lowest BCUT2D eigenvalue weighted by atomic mass is 10.0. The fraction of sp³-hybridized carbons (Fsp3) is 0.400. The molecule has 0 aromatic carbocycles. The van der Waals surface area contributed by atoms with Gasteiger partial charge in [0.25, 0.3) is 0 Å². The van der Waals surface area contributed by atoms with E-state index in [4.69, 9.17) is 5.26 Å². The standard InChI is InChI=1S/C10H12N2/c1-7(2)9-5-4-8(3)12-10(9)6-11/h4-5,7H,1-3H3. The van der Waals surface area contributed by atoms with Crippen LogP contribution in [0.4, 0.5) is 0 Å². The van der Waals surface area contributed by atoms with Gasteiger partial charge in [0.15, 0.2) is 0 Å². The van der Waals surface area contributed by atoms with Crippen LogP contribution in [0.5, 0.6) is 0 Å². The summed E-state index contributed by atoms with van der Waals surface area (Å²) in [5.74, 6) is 0.368. The first-order chi connectivity index (χ1) is 5.65. The van der Waals surface area contributed by atoms with Gasteiger partial charge in [-0.25, -0.2) is 4.98 Å². The molecule has 2 nitrogen and oxygen atoms in total. The number of nitriles is 1. The summed E-state index contributed by atoms with van der Waals surface area (Å²) in [5, 5.41) is 8.78. The molecule has 0 bridgehead atoms. The fourth-order valence-electron chi connectivity index (χ4n) is 1.12. The number of rotatable bonds is 1. The molecule has 1 heterocycles. The van der Waals surface area contributed by atoms with Gasteiger partial charge in [-0.15, -0.1) is 0 Å². The van der Waals surface area contributed by atoms with Gasteiger partial charge in [-0.3, -0.25) is 0 Å². The molecular formula is C10H12N2. The molecule has 0 aliphatic rings. The van der Waals surface area contributed by atoms with Crippen LogP contribution in [0.3, 0.4) is 0 Å². The van der Waals surface area contributed by atoms with Crippen LogP contribution in [-0.2, 0) is 0 Å². The van der Waals surface area contributed by atoms with Crippen molar-refractivity contribution in [3.63, 3.8) is 0 Å². The molecule has 1 rings (SSSR count). The predicted octanol–water partition coefficient (Wildman–Crippen LogP) is 2.39. The largest absolute Gasteiger partial charge is 0.242 e. The lowest BCUT2D eigenvalue weighted by Crippen LogP contribution is -1.96. The zero-order valence-electron chi connectivity index (χ0n) is 7.63. The maximum Gasteiger partial charge on any atom is 0.144 e.